The van der Waals surface area contributed by atoms with Gasteiger partial charge in [-0.25, -0.2) is 4.98 Å². The third-order valence-corrected chi connectivity index (χ3v) is 4.78. The first-order valence-corrected chi connectivity index (χ1v) is 8.02. The van der Waals surface area contributed by atoms with Crippen molar-refractivity contribution in [3.8, 4) is 11.3 Å². The minimum Gasteiger partial charge on any atom is -0.378 e. The fourth-order valence-corrected chi connectivity index (χ4v) is 3.64. The summed E-state index contributed by atoms with van der Waals surface area (Å²) in [4.78, 5) is 7.02. The Morgan fingerprint density at radius 3 is 2.76 bits per heavy atom. The van der Waals surface area contributed by atoms with Gasteiger partial charge in [0.1, 0.15) is 11.0 Å². The smallest absolute Gasteiger partial charge is 0.186 e. The highest BCUT2D eigenvalue weighted by molar-refractivity contribution is 7.14. The Hall–Kier alpha value is -1.28. The summed E-state index contributed by atoms with van der Waals surface area (Å²) in [6, 6.07) is 6.11. The average molecular weight is 341 g/mol. The van der Waals surface area contributed by atoms with Gasteiger partial charge in [-0.15, -0.1) is 23.7 Å². The Morgan fingerprint density at radius 2 is 1.90 bits per heavy atom. The van der Waals surface area contributed by atoms with Gasteiger partial charge in [0.05, 0.1) is 30.6 Å². The topological polar surface area (TPSA) is 51.1 Å². The molecule has 0 aliphatic carbocycles. The highest BCUT2D eigenvalue weighted by Gasteiger charge is 2.15. The molecular weight excluding hydrogens is 328 g/mol. The van der Waals surface area contributed by atoms with E-state index in [0.717, 1.165) is 53.7 Å². The van der Waals surface area contributed by atoms with Crippen LogP contribution in [-0.4, -0.2) is 40.0 Å². The molecule has 0 atom stereocenters. The fraction of sp³-hybridized carbons (Fsp3) is 0.308. The molecule has 0 spiro atoms. The molecule has 0 N–H and O–H groups in total. The first-order chi connectivity index (χ1) is 9.90. The lowest BCUT2D eigenvalue weighted by atomic mass is 10.1. The summed E-state index contributed by atoms with van der Waals surface area (Å²) >= 11 is 2.93. The van der Waals surface area contributed by atoms with Gasteiger partial charge in [0.2, 0.25) is 0 Å². The van der Waals surface area contributed by atoms with Crippen LogP contribution in [0.5, 0.6) is 0 Å². The second-order valence-electron chi connectivity index (χ2n) is 4.58. The zero-order valence-electron chi connectivity index (χ0n) is 11.1. The number of aromatic nitrogens is 3. The second kappa shape index (κ2) is 6.23. The molecule has 8 heteroatoms. The molecule has 0 radical (unpaired) electrons. The number of fused-ring (bicyclic) bond motifs is 1. The molecule has 110 valence electrons. The van der Waals surface area contributed by atoms with Crippen molar-refractivity contribution in [2.75, 3.05) is 31.2 Å². The summed E-state index contributed by atoms with van der Waals surface area (Å²) in [5, 5.41) is 3.17. The summed E-state index contributed by atoms with van der Waals surface area (Å²) in [5.41, 5.74) is 3.99. The Kier molecular flexibility index (Phi) is 4.34. The molecule has 1 aliphatic heterocycles. The molecule has 1 aliphatic rings. The highest BCUT2D eigenvalue weighted by atomic mass is 35.5. The Labute approximate surface area is 136 Å². The van der Waals surface area contributed by atoms with Gasteiger partial charge in [0.25, 0.3) is 0 Å². The second-order valence-corrected chi connectivity index (χ2v) is 5.95. The van der Waals surface area contributed by atoms with Crippen molar-refractivity contribution in [3.05, 3.63) is 23.6 Å². The molecule has 4 rings (SSSR count). The quantitative estimate of drug-likeness (QED) is 0.717. The predicted molar refractivity (Wildman–Crippen MR) is 88.8 cm³/mol. The maximum atomic E-state index is 5.37. The van der Waals surface area contributed by atoms with Crippen molar-refractivity contribution in [3.63, 3.8) is 0 Å². The van der Waals surface area contributed by atoms with Crippen LogP contribution in [0.4, 0.5) is 5.13 Å². The maximum Gasteiger partial charge on any atom is 0.186 e. The van der Waals surface area contributed by atoms with Gasteiger partial charge in [0.15, 0.2) is 5.13 Å². The van der Waals surface area contributed by atoms with Crippen LogP contribution >= 0.6 is 35.5 Å². The zero-order chi connectivity index (χ0) is 13.4. The van der Waals surface area contributed by atoms with Crippen LogP contribution in [0.2, 0.25) is 0 Å². The number of halogens is 1. The third kappa shape index (κ3) is 2.87. The number of benzene rings is 1. The molecule has 0 saturated carbocycles. The van der Waals surface area contributed by atoms with E-state index in [9.17, 15) is 0 Å². The van der Waals surface area contributed by atoms with Crippen LogP contribution in [0.3, 0.4) is 0 Å². The molecule has 3 aromatic rings. The highest BCUT2D eigenvalue weighted by Crippen LogP contribution is 2.29. The lowest BCUT2D eigenvalue weighted by Gasteiger charge is -2.26. The molecule has 0 unspecified atom stereocenters. The number of thiazole rings is 1. The lowest BCUT2D eigenvalue weighted by Crippen LogP contribution is -2.36. The van der Waals surface area contributed by atoms with Crippen LogP contribution in [0, 0.1) is 0 Å². The monoisotopic (exact) mass is 340 g/mol. The number of hydrogen-bond donors (Lipinski definition) is 0. The van der Waals surface area contributed by atoms with E-state index in [1.807, 2.05) is 6.07 Å². The predicted octanol–water partition coefficient (Wildman–Crippen LogP) is 3.07. The summed E-state index contributed by atoms with van der Waals surface area (Å²) in [7, 11) is 0. The Bertz CT molecular complexity index is 738. The molecule has 0 bridgehead atoms. The normalized spacial score (nSPS) is 15.1. The van der Waals surface area contributed by atoms with Crippen LogP contribution in [0.1, 0.15) is 0 Å². The van der Waals surface area contributed by atoms with Gasteiger partial charge < -0.3 is 9.64 Å². The van der Waals surface area contributed by atoms with E-state index < -0.39 is 0 Å². The van der Waals surface area contributed by atoms with Gasteiger partial charge in [-0.2, -0.15) is 8.75 Å². The molecule has 3 heterocycles. The summed E-state index contributed by atoms with van der Waals surface area (Å²) in [6.07, 6.45) is 0. The minimum atomic E-state index is 0. The zero-order valence-corrected chi connectivity index (χ0v) is 13.5. The van der Waals surface area contributed by atoms with E-state index in [4.69, 9.17) is 9.72 Å². The van der Waals surface area contributed by atoms with E-state index in [2.05, 4.69) is 31.2 Å². The standard InChI is InChI=1S/C13H12N4OS2.ClH/c1-2-10-11(16-20-15-10)7-9(1)12-8-19-13(14-12)17-3-5-18-6-4-17;/h1-2,7-8H,3-6H2;1H. The fourth-order valence-electron chi connectivity index (χ4n) is 2.24. The van der Waals surface area contributed by atoms with Gasteiger partial charge in [-0.05, 0) is 12.1 Å². The minimum absolute atomic E-state index is 0. The van der Waals surface area contributed by atoms with E-state index in [0.29, 0.717) is 0 Å². The number of rotatable bonds is 2. The Balaban J connectivity index is 0.00000132. The van der Waals surface area contributed by atoms with E-state index in [1.165, 1.54) is 11.7 Å². The summed E-state index contributed by atoms with van der Waals surface area (Å²) in [5.74, 6) is 0. The van der Waals surface area contributed by atoms with E-state index in [-0.39, 0.29) is 12.4 Å². The number of ether oxygens (including phenoxy) is 1. The lowest BCUT2D eigenvalue weighted by molar-refractivity contribution is 0.122. The number of nitrogens with zero attached hydrogens (tertiary/aromatic N) is 4. The summed E-state index contributed by atoms with van der Waals surface area (Å²) in [6.45, 7) is 3.40. The number of hydrogen-bond acceptors (Lipinski definition) is 7. The number of anilines is 1. The molecule has 1 aromatic carbocycles. The van der Waals surface area contributed by atoms with Crippen molar-refractivity contribution in [2.24, 2.45) is 0 Å². The molecule has 1 saturated heterocycles. The van der Waals surface area contributed by atoms with Crippen LogP contribution in [-0.2, 0) is 4.74 Å². The molecule has 2 aromatic heterocycles. The van der Waals surface area contributed by atoms with Gasteiger partial charge >= 0.3 is 0 Å². The molecule has 1 fully saturated rings. The SMILES string of the molecule is Cl.c1cc2nsnc2cc1-c1csc(N2CCOCC2)n1. The average Bonchev–Trinajstić information content (AvgIpc) is 3.16. The number of morpholine rings is 1. The first-order valence-electron chi connectivity index (χ1n) is 6.41. The molecular formula is C13H13ClN4OS2. The van der Waals surface area contributed by atoms with Crippen LogP contribution in [0.25, 0.3) is 22.3 Å². The molecule has 21 heavy (non-hydrogen) atoms. The van der Waals surface area contributed by atoms with Crippen LogP contribution in [0.15, 0.2) is 23.6 Å². The largest absolute Gasteiger partial charge is 0.378 e. The van der Waals surface area contributed by atoms with Crippen LogP contribution < -0.4 is 4.90 Å². The van der Waals surface area contributed by atoms with Crippen molar-refractivity contribution in [2.45, 2.75) is 0 Å². The van der Waals surface area contributed by atoms with E-state index in [1.54, 1.807) is 11.3 Å². The van der Waals surface area contributed by atoms with Crippen molar-refractivity contribution < 1.29 is 4.74 Å². The molecule has 5 nitrogen and oxygen atoms in total. The first kappa shape index (κ1) is 14.6. The molecule has 0 amide bonds. The third-order valence-electron chi connectivity index (χ3n) is 3.32. The maximum absolute atomic E-state index is 5.37. The van der Waals surface area contributed by atoms with Crippen molar-refractivity contribution in [1.29, 1.82) is 0 Å². The van der Waals surface area contributed by atoms with Gasteiger partial charge in [-0.1, -0.05) is 6.07 Å². The van der Waals surface area contributed by atoms with E-state index >= 15 is 0 Å². The van der Waals surface area contributed by atoms with Crippen molar-refractivity contribution >= 4 is 51.6 Å². The van der Waals surface area contributed by atoms with Gasteiger partial charge in [0, 0.05) is 24.0 Å². The summed E-state index contributed by atoms with van der Waals surface area (Å²) < 4.78 is 13.9. The van der Waals surface area contributed by atoms with Crippen molar-refractivity contribution in [1.82, 2.24) is 13.7 Å². The van der Waals surface area contributed by atoms with Gasteiger partial charge in [-0.3, -0.25) is 0 Å². The Morgan fingerprint density at radius 1 is 1.10 bits per heavy atom.